The Bertz CT molecular complexity index is 1030. The zero-order valence-corrected chi connectivity index (χ0v) is 13.6. The molecule has 3 aromatic rings. The first-order valence-electron chi connectivity index (χ1n) is 7.45. The van der Waals surface area contributed by atoms with Crippen molar-refractivity contribution in [3.05, 3.63) is 75.8 Å². The minimum Gasteiger partial charge on any atom is -0.457 e. The Balaban J connectivity index is 1.76. The molecule has 1 aliphatic heterocycles. The van der Waals surface area contributed by atoms with Crippen molar-refractivity contribution in [1.29, 1.82) is 0 Å². The van der Waals surface area contributed by atoms with Crippen molar-refractivity contribution in [3.8, 4) is 11.3 Å². The standard InChI is InChI=1S/C19H13NO3S/c1-11-9-14-16(23-19(21)17(14)18(24)20-11)10-13-7-8-15(22-13)12-5-3-2-4-6-12/h2-10H,1H3,(H,20,24)/b16-10-. The van der Waals surface area contributed by atoms with Crippen LogP contribution in [0.1, 0.15) is 27.4 Å². The van der Waals surface area contributed by atoms with E-state index in [1.807, 2.05) is 55.5 Å². The number of aryl methyl sites for hydroxylation is 1. The van der Waals surface area contributed by atoms with Gasteiger partial charge in [0.2, 0.25) is 0 Å². The van der Waals surface area contributed by atoms with Gasteiger partial charge in [-0.15, -0.1) is 0 Å². The molecule has 0 unspecified atom stereocenters. The van der Waals surface area contributed by atoms with Crippen LogP contribution in [0.5, 0.6) is 0 Å². The molecule has 1 aromatic carbocycles. The number of carbonyl (C=O) groups is 1. The van der Waals surface area contributed by atoms with E-state index in [2.05, 4.69) is 4.98 Å². The van der Waals surface area contributed by atoms with Gasteiger partial charge in [-0.3, -0.25) is 0 Å². The summed E-state index contributed by atoms with van der Waals surface area (Å²) in [6.45, 7) is 1.89. The maximum atomic E-state index is 12.0. The maximum absolute atomic E-state index is 12.0. The van der Waals surface area contributed by atoms with Crippen molar-refractivity contribution in [3.63, 3.8) is 0 Å². The second kappa shape index (κ2) is 5.62. The lowest BCUT2D eigenvalue weighted by Crippen LogP contribution is -1.97. The lowest BCUT2D eigenvalue weighted by Gasteiger charge is -1.99. The molecule has 0 atom stereocenters. The Labute approximate surface area is 143 Å². The number of hydrogen-bond acceptors (Lipinski definition) is 4. The monoisotopic (exact) mass is 335 g/mol. The fraction of sp³-hybridized carbons (Fsp3) is 0.0526. The summed E-state index contributed by atoms with van der Waals surface area (Å²) < 4.78 is 11.6. The van der Waals surface area contributed by atoms with Crippen LogP contribution in [0.2, 0.25) is 0 Å². The Morgan fingerprint density at radius 3 is 2.71 bits per heavy atom. The predicted octanol–water partition coefficient (Wildman–Crippen LogP) is 4.98. The number of rotatable bonds is 2. The van der Waals surface area contributed by atoms with Crippen LogP contribution < -0.4 is 0 Å². The van der Waals surface area contributed by atoms with E-state index in [0.29, 0.717) is 27.3 Å². The van der Waals surface area contributed by atoms with Crippen LogP contribution in [0.15, 0.2) is 52.9 Å². The van der Waals surface area contributed by atoms with Crippen LogP contribution in [-0.2, 0) is 4.74 Å². The molecule has 4 nitrogen and oxygen atoms in total. The SMILES string of the molecule is Cc1cc2c(c(=S)[nH]1)C(=O)O/C2=C\c1ccc(-c2ccccc2)o1. The van der Waals surface area contributed by atoms with E-state index in [9.17, 15) is 4.79 Å². The smallest absolute Gasteiger partial charge is 0.347 e. The summed E-state index contributed by atoms with van der Waals surface area (Å²) >= 11 is 5.22. The molecule has 118 valence electrons. The second-order valence-corrected chi connectivity index (χ2v) is 5.94. The van der Waals surface area contributed by atoms with E-state index in [1.54, 1.807) is 6.08 Å². The van der Waals surface area contributed by atoms with Gasteiger partial charge in [-0.1, -0.05) is 42.5 Å². The molecule has 1 N–H and O–H groups in total. The number of hydrogen-bond donors (Lipinski definition) is 1. The Kier molecular flexibility index (Phi) is 3.43. The molecule has 1 aliphatic rings. The van der Waals surface area contributed by atoms with Crippen molar-refractivity contribution < 1.29 is 13.9 Å². The van der Waals surface area contributed by atoms with E-state index in [-0.39, 0.29) is 0 Å². The summed E-state index contributed by atoms with van der Waals surface area (Å²) in [5.74, 6) is 1.38. The molecule has 0 amide bonds. The van der Waals surface area contributed by atoms with Crippen molar-refractivity contribution in [2.24, 2.45) is 0 Å². The number of pyridine rings is 1. The highest BCUT2D eigenvalue weighted by Gasteiger charge is 2.28. The number of fused-ring (bicyclic) bond motifs is 1. The van der Waals surface area contributed by atoms with Crippen molar-refractivity contribution in [2.75, 3.05) is 0 Å². The summed E-state index contributed by atoms with van der Waals surface area (Å²) in [6.07, 6.45) is 1.71. The molecule has 0 aliphatic carbocycles. The van der Waals surface area contributed by atoms with Gasteiger partial charge in [0.1, 0.15) is 27.5 Å². The minimum absolute atomic E-state index is 0.391. The number of aromatic amines is 1. The van der Waals surface area contributed by atoms with E-state index < -0.39 is 5.97 Å². The number of aromatic nitrogens is 1. The lowest BCUT2D eigenvalue weighted by molar-refractivity contribution is 0.0716. The third-order valence-electron chi connectivity index (χ3n) is 3.80. The fourth-order valence-corrected chi connectivity index (χ4v) is 3.07. The summed E-state index contributed by atoms with van der Waals surface area (Å²) in [7, 11) is 0. The van der Waals surface area contributed by atoms with Crippen LogP contribution in [0.25, 0.3) is 23.2 Å². The van der Waals surface area contributed by atoms with Crippen LogP contribution in [0, 0.1) is 11.6 Å². The van der Waals surface area contributed by atoms with Crippen molar-refractivity contribution >= 4 is 30.0 Å². The number of cyclic esters (lactones) is 1. The predicted molar refractivity (Wildman–Crippen MR) is 93.8 cm³/mol. The quantitative estimate of drug-likeness (QED) is 0.530. The molecule has 0 spiro atoms. The van der Waals surface area contributed by atoms with Gasteiger partial charge in [-0.25, -0.2) is 4.79 Å². The largest absolute Gasteiger partial charge is 0.457 e. The number of carbonyl (C=O) groups excluding carboxylic acids is 1. The number of benzene rings is 1. The zero-order valence-electron chi connectivity index (χ0n) is 12.8. The molecule has 4 rings (SSSR count). The van der Waals surface area contributed by atoms with Gasteiger partial charge in [-0.05, 0) is 25.1 Å². The van der Waals surface area contributed by atoms with Crippen LogP contribution in [0.4, 0.5) is 0 Å². The molecule has 0 saturated carbocycles. The molecule has 3 heterocycles. The number of nitrogens with one attached hydrogen (secondary N) is 1. The first kappa shape index (κ1) is 14.7. The summed E-state index contributed by atoms with van der Waals surface area (Å²) in [5, 5.41) is 0. The van der Waals surface area contributed by atoms with E-state index in [0.717, 1.165) is 17.0 Å². The van der Waals surface area contributed by atoms with Gasteiger partial charge in [0, 0.05) is 22.9 Å². The van der Waals surface area contributed by atoms with Crippen LogP contribution in [-0.4, -0.2) is 11.0 Å². The van der Waals surface area contributed by atoms with Crippen molar-refractivity contribution in [2.45, 2.75) is 6.92 Å². The average molecular weight is 335 g/mol. The molecule has 5 heteroatoms. The van der Waals surface area contributed by atoms with E-state index >= 15 is 0 Å². The Morgan fingerprint density at radius 1 is 1.12 bits per heavy atom. The number of esters is 1. The lowest BCUT2D eigenvalue weighted by atomic mass is 10.1. The van der Waals surface area contributed by atoms with Gasteiger partial charge in [0.25, 0.3) is 0 Å². The van der Waals surface area contributed by atoms with Gasteiger partial charge >= 0.3 is 5.97 Å². The third-order valence-corrected chi connectivity index (χ3v) is 4.10. The highest BCUT2D eigenvalue weighted by molar-refractivity contribution is 7.71. The normalized spacial score (nSPS) is 14.7. The number of ether oxygens (including phenoxy) is 1. The van der Waals surface area contributed by atoms with Crippen LogP contribution in [0.3, 0.4) is 0 Å². The Morgan fingerprint density at radius 2 is 1.92 bits per heavy atom. The molecule has 0 fully saturated rings. The molecule has 24 heavy (non-hydrogen) atoms. The van der Waals surface area contributed by atoms with E-state index in [1.165, 1.54) is 0 Å². The van der Waals surface area contributed by atoms with Gasteiger partial charge in [0.05, 0.1) is 0 Å². The first-order valence-corrected chi connectivity index (χ1v) is 7.86. The molecule has 0 bridgehead atoms. The molecule has 2 aromatic heterocycles. The summed E-state index contributed by atoms with van der Waals surface area (Å²) in [4.78, 5) is 15.0. The van der Waals surface area contributed by atoms with Crippen LogP contribution >= 0.6 is 12.2 Å². The van der Waals surface area contributed by atoms with E-state index in [4.69, 9.17) is 21.4 Å². The van der Waals surface area contributed by atoms with Crippen molar-refractivity contribution in [1.82, 2.24) is 4.98 Å². The molecule has 0 radical (unpaired) electrons. The topological polar surface area (TPSA) is 55.2 Å². The number of H-pyrrole nitrogens is 1. The highest BCUT2D eigenvalue weighted by Crippen LogP contribution is 2.33. The van der Waals surface area contributed by atoms with Gasteiger partial charge in [0.15, 0.2) is 0 Å². The minimum atomic E-state index is -0.438. The number of furan rings is 1. The third kappa shape index (κ3) is 2.49. The average Bonchev–Trinajstić information content (AvgIpc) is 3.14. The van der Waals surface area contributed by atoms with Gasteiger partial charge in [-0.2, -0.15) is 0 Å². The highest BCUT2D eigenvalue weighted by atomic mass is 32.1. The fourth-order valence-electron chi connectivity index (χ4n) is 2.72. The summed E-state index contributed by atoms with van der Waals surface area (Å²) in [5.41, 5.74) is 2.95. The first-order chi connectivity index (χ1) is 11.6. The second-order valence-electron chi connectivity index (χ2n) is 5.54. The zero-order chi connectivity index (χ0) is 16.7. The summed E-state index contributed by atoms with van der Waals surface area (Å²) in [6, 6.07) is 15.4. The molecular weight excluding hydrogens is 322 g/mol. The van der Waals surface area contributed by atoms with Gasteiger partial charge < -0.3 is 14.1 Å². The Hall–Kier alpha value is -2.92. The molecule has 0 saturated heterocycles. The maximum Gasteiger partial charge on any atom is 0.347 e. The molecular formula is C19H13NO3S.